The largest absolute Gasteiger partial charge is 0.497 e. The molecule has 0 aliphatic carbocycles. The van der Waals surface area contributed by atoms with Crippen molar-refractivity contribution in [3.05, 3.63) is 47.8 Å². The van der Waals surface area contributed by atoms with Crippen molar-refractivity contribution in [3.63, 3.8) is 0 Å². The van der Waals surface area contributed by atoms with E-state index in [1.807, 2.05) is 37.5 Å². The Labute approximate surface area is 146 Å². The predicted molar refractivity (Wildman–Crippen MR) is 92.3 cm³/mol. The minimum absolute atomic E-state index is 0.168. The van der Waals surface area contributed by atoms with E-state index in [2.05, 4.69) is 10.4 Å². The molecule has 25 heavy (non-hydrogen) atoms. The van der Waals surface area contributed by atoms with Gasteiger partial charge in [-0.1, -0.05) is 12.1 Å². The molecule has 1 atom stereocenters. The number of carbonyl (C=O) groups excluding carboxylic acids is 2. The fourth-order valence-electron chi connectivity index (χ4n) is 3.00. The van der Waals surface area contributed by atoms with Gasteiger partial charge in [0.05, 0.1) is 13.3 Å². The SMILES string of the molecule is COc1cccc(CC2NC(=O)N(CCCc3cnn(C)c3)C2=O)c1. The molecular weight excluding hydrogens is 320 g/mol. The van der Waals surface area contributed by atoms with E-state index >= 15 is 0 Å². The molecule has 0 spiro atoms. The molecule has 3 amide bonds. The van der Waals surface area contributed by atoms with Gasteiger partial charge in [0.2, 0.25) is 0 Å². The minimum atomic E-state index is -0.516. The molecule has 1 unspecified atom stereocenters. The number of nitrogens with one attached hydrogen (secondary N) is 1. The first-order chi connectivity index (χ1) is 12.1. The summed E-state index contributed by atoms with van der Waals surface area (Å²) in [6.07, 6.45) is 5.71. The molecule has 1 aromatic heterocycles. The van der Waals surface area contributed by atoms with Gasteiger partial charge in [-0.2, -0.15) is 5.10 Å². The molecule has 1 aliphatic rings. The molecule has 1 N–H and O–H groups in total. The van der Waals surface area contributed by atoms with Crippen molar-refractivity contribution in [1.29, 1.82) is 0 Å². The van der Waals surface area contributed by atoms with E-state index in [9.17, 15) is 9.59 Å². The van der Waals surface area contributed by atoms with Crippen molar-refractivity contribution in [2.45, 2.75) is 25.3 Å². The number of ether oxygens (including phenoxy) is 1. The summed E-state index contributed by atoms with van der Waals surface area (Å²) in [5.41, 5.74) is 2.05. The molecule has 3 rings (SSSR count). The van der Waals surface area contributed by atoms with Gasteiger partial charge in [0, 0.05) is 26.2 Å². The third kappa shape index (κ3) is 3.99. The van der Waals surface area contributed by atoms with Crippen molar-refractivity contribution in [2.75, 3.05) is 13.7 Å². The highest BCUT2D eigenvalue weighted by Gasteiger charge is 2.37. The summed E-state index contributed by atoms with van der Waals surface area (Å²) in [7, 11) is 3.47. The first kappa shape index (κ1) is 17.0. The maximum atomic E-state index is 12.5. The zero-order valence-electron chi connectivity index (χ0n) is 14.4. The first-order valence-corrected chi connectivity index (χ1v) is 8.29. The number of imide groups is 1. The van der Waals surface area contributed by atoms with Crippen molar-refractivity contribution >= 4 is 11.9 Å². The van der Waals surface area contributed by atoms with Gasteiger partial charge < -0.3 is 10.1 Å². The lowest BCUT2D eigenvalue weighted by atomic mass is 10.1. The lowest BCUT2D eigenvalue weighted by Crippen LogP contribution is -2.33. The number of nitrogens with zero attached hydrogens (tertiary/aromatic N) is 3. The van der Waals surface area contributed by atoms with Gasteiger partial charge in [0.25, 0.3) is 5.91 Å². The molecule has 7 nitrogen and oxygen atoms in total. The molecule has 0 bridgehead atoms. The fraction of sp³-hybridized carbons (Fsp3) is 0.389. The number of urea groups is 1. The van der Waals surface area contributed by atoms with Crippen LogP contribution in [0.4, 0.5) is 4.79 Å². The number of carbonyl (C=O) groups is 2. The summed E-state index contributed by atoms with van der Waals surface area (Å²) >= 11 is 0. The van der Waals surface area contributed by atoms with Crippen molar-refractivity contribution in [2.24, 2.45) is 7.05 Å². The van der Waals surface area contributed by atoms with Crippen LogP contribution in [0.5, 0.6) is 5.75 Å². The molecule has 7 heteroatoms. The van der Waals surface area contributed by atoms with E-state index in [0.717, 1.165) is 29.7 Å². The number of aryl methyl sites for hydroxylation is 2. The highest BCUT2D eigenvalue weighted by molar-refractivity contribution is 6.04. The number of amides is 3. The molecule has 0 radical (unpaired) electrons. The van der Waals surface area contributed by atoms with Crippen LogP contribution in [-0.2, 0) is 24.7 Å². The highest BCUT2D eigenvalue weighted by Crippen LogP contribution is 2.17. The number of hydrogen-bond donors (Lipinski definition) is 1. The summed E-state index contributed by atoms with van der Waals surface area (Å²) in [6.45, 7) is 0.411. The zero-order chi connectivity index (χ0) is 17.8. The second-order valence-corrected chi connectivity index (χ2v) is 6.17. The van der Waals surface area contributed by atoms with Gasteiger partial charge in [-0.25, -0.2) is 4.79 Å². The smallest absolute Gasteiger partial charge is 0.324 e. The lowest BCUT2D eigenvalue weighted by molar-refractivity contribution is -0.127. The van der Waals surface area contributed by atoms with Crippen LogP contribution in [0.2, 0.25) is 0 Å². The molecule has 1 saturated heterocycles. The van der Waals surface area contributed by atoms with E-state index in [1.165, 1.54) is 4.90 Å². The number of benzene rings is 1. The third-order valence-electron chi connectivity index (χ3n) is 4.29. The van der Waals surface area contributed by atoms with Gasteiger partial charge in [0.1, 0.15) is 11.8 Å². The predicted octanol–water partition coefficient (Wildman–Crippen LogP) is 1.52. The third-order valence-corrected chi connectivity index (χ3v) is 4.29. The number of methoxy groups -OCH3 is 1. The summed E-state index contributed by atoms with van der Waals surface area (Å²) in [5, 5.41) is 6.89. The van der Waals surface area contributed by atoms with Gasteiger partial charge in [-0.15, -0.1) is 0 Å². The van der Waals surface area contributed by atoms with Crippen LogP contribution in [0.3, 0.4) is 0 Å². The molecule has 1 aromatic carbocycles. The lowest BCUT2D eigenvalue weighted by Gasteiger charge is -2.13. The molecule has 0 saturated carbocycles. The standard InChI is InChI=1S/C18H22N4O3/c1-21-12-14(11-19-21)6-4-8-22-17(23)16(20-18(22)24)10-13-5-3-7-15(9-13)25-2/h3,5,7,9,11-12,16H,4,6,8,10H2,1-2H3,(H,20,24). The van der Waals surface area contributed by atoms with Crippen LogP contribution < -0.4 is 10.1 Å². The summed E-state index contributed by atoms with van der Waals surface area (Å²) in [6, 6.07) is 6.70. The van der Waals surface area contributed by atoms with Gasteiger partial charge in [0.15, 0.2) is 0 Å². The quantitative estimate of drug-likeness (QED) is 0.774. The van der Waals surface area contributed by atoms with Crippen LogP contribution >= 0.6 is 0 Å². The number of hydrogen-bond acceptors (Lipinski definition) is 4. The average Bonchev–Trinajstić information content (AvgIpc) is 3.13. The second kappa shape index (κ2) is 7.38. The molecule has 132 valence electrons. The Morgan fingerprint density at radius 1 is 1.28 bits per heavy atom. The molecule has 1 aliphatic heterocycles. The zero-order valence-corrected chi connectivity index (χ0v) is 14.4. The molecule has 2 heterocycles. The Morgan fingerprint density at radius 2 is 2.12 bits per heavy atom. The number of rotatable bonds is 7. The van der Waals surface area contributed by atoms with Crippen LogP contribution in [0.15, 0.2) is 36.7 Å². The van der Waals surface area contributed by atoms with Crippen LogP contribution in [-0.4, -0.2) is 46.3 Å². The van der Waals surface area contributed by atoms with Gasteiger partial charge in [-0.3, -0.25) is 14.4 Å². The van der Waals surface area contributed by atoms with Gasteiger partial charge in [-0.05, 0) is 36.1 Å². The normalized spacial score (nSPS) is 17.0. The van der Waals surface area contributed by atoms with E-state index < -0.39 is 6.04 Å². The van der Waals surface area contributed by atoms with Crippen LogP contribution in [0.1, 0.15) is 17.5 Å². The van der Waals surface area contributed by atoms with Gasteiger partial charge >= 0.3 is 6.03 Å². The Kier molecular flexibility index (Phi) is 5.02. The minimum Gasteiger partial charge on any atom is -0.497 e. The molecule has 1 fully saturated rings. The van der Waals surface area contributed by atoms with Crippen LogP contribution in [0, 0.1) is 0 Å². The first-order valence-electron chi connectivity index (χ1n) is 8.29. The van der Waals surface area contributed by atoms with E-state index in [1.54, 1.807) is 18.0 Å². The fourth-order valence-corrected chi connectivity index (χ4v) is 3.00. The van der Waals surface area contributed by atoms with E-state index in [4.69, 9.17) is 4.74 Å². The van der Waals surface area contributed by atoms with Crippen molar-refractivity contribution in [3.8, 4) is 5.75 Å². The number of aromatic nitrogens is 2. The maximum Gasteiger partial charge on any atom is 0.324 e. The Balaban J connectivity index is 1.56. The Bertz CT molecular complexity index is 771. The Hall–Kier alpha value is -2.83. The van der Waals surface area contributed by atoms with Crippen molar-refractivity contribution < 1.29 is 14.3 Å². The summed E-state index contributed by atoms with van der Waals surface area (Å²) in [5.74, 6) is 0.571. The average molecular weight is 342 g/mol. The molecular formula is C18H22N4O3. The monoisotopic (exact) mass is 342 g/mol. The highest BCUT2D eigenvalue weighted by atomic mass is 16.5. The van der Waals surface area contributed by atoms with E-state index in [0.29, 0.717) is 13.0 Å². The van der Waals surface area contributed by atoms with E-state index in [-0.39, 0.29) is 11.9 Å². The maximum absolute atomic E-state index is 12.5. The second-order valence-electron chi connectivity index (χ2n) is 6.17. The molecule has 2 aromatic rings. The van der Waals surface area contributed by atoms with Crippen LogP contribution in [0.25, 0.3) is 0 Å². The topological polar surface area (TPSA) is 76.5 Å². The summed E-state index contributed by atoms with van der Waals surface area (Å²) < 4.78 is 6.94. The Morgan fingerprint density at radius 3 is 2.84 bits per heavy atom. The van der Waals surface area contributed by atoms with Crippen molar-refractivity contribution in [1.82, 2.24) is 20.0 Å². The summed E-state index contributed by atoms with van der Waals surface area (Å²) in [4.78, 5) is 25.9.